The van der Waals surface area contributed by atoms with Crippen LogP contribution in [0.3, 0.4) is 0 Å². The first-order valence-corrected chi connectivity index (χ1v) is 8.77. The number of halogens is 1. The molecule has 0 unspecified atom stereocenters. The molecule has 0 amide bonds. The van der Waals surface area contributed by atoms with E-state index in [4.69, 9.17) is 11.6 Å². The molecule has 3 rings (SSSR count). The van der Waals surface area contributed by atoms with E-state index in [0.29, 0.717) is 21.2 Å². The number of thiazole rings is 1. The fraction of sp³-hybridized carbons (Fsp3) is 0.0526. The van der Waals surface area contributed by atoms with Crippen molar-refractivity contribution in [1.82, 2.24) is 4.98 Å². The molecule has 0 N–H and O–H groups in total. The van der Waals surface area contributed by atoms with Gasteiger partial charge in [-0.3, -0.25) is 10.1 Å². The minimum atomic E-state index is -0.463. The van der Waals surface area contributed by atoms with Crippen LogP contribution in [0.5, 0.6) is 0 Å². The SMILES string of the molecule is Cc1sc(/C(C#N)=C\c2cccc([N+](=O)[O-])c2)nc1-c1ccc(Cl)cc1. The number of nitriles is 1. The van der Waals surface area contributed by atoms with E-state index in [9.17, 15) is 15.4 Å². The molecule has 128 valence electrons. The Kier molecular flexibility index (Phi) is 5.12. The van der Waals surface area contributed by atoms with Gasteiger partial charge in [0.15, 0.2) is 0 Å². The second-order valence-electron chi connectivity index (χ2n) is 5.45. The van der Waals surface area contributed by atoms with E-state index in [0.717, 1.165) is 16.1 Å². The largest absolute Gasteiger partial charge is 0.270 e. The summed E-state index contributed by atoms with van der Waals surface area (Å²) in [5.74, 6) is 0. The first-order valence-electron chi connectivity index (χ1n) is 7.58. The number of aromatic nitrogens is 1. The number of nitro benzene ring substituents is 1. The maximum atomic E-state index is 10.9. The molecular formula is C19H12ClN3O2S. The number of nitrogens with zero attached hydrogens (tertiary/aromatic N) is 3. The zero-order chi connectivity index (χ0) is 18.7. The summed E-state index contributed by atoms with van der Waals surface area (Å²) in [5, 5.41) is 21.6. The Morgan fingerprint density at radius 1 is 1.31 bits per heavy atom. The Hall–Kier alpha value is -3.01. The van der Waals surface area contributed by atoms with Gasteiger partial charge in [0.2, 0.25) is 0 Å². The number of rotatable bonds is 4. The normalized spacial score (nSPS) is 11.2. The molecular weight excluding hydrogens is 370 g/mol. The van der Waals surface area contributed by atoms with Gasteiger partial charge in [0.25, 0.3) is 5.69 Å². The van der Waals surface area contributed by atoms with Crippen molar-refractivity contribution in [2.24, 2.45) is 0 Å². The molecule has 1 heterocycles. The summed E-state index contributed by atoms with van der Waals surface area (Å²) in [6, 6.07) is 15.6. The summed E-state index contributed by atoms with van der Waals surface area (Å²) in [6.45, 7) is 1.94. The van der Waals surface area contributed by atoms with Crippen molar-refractivity contribution >= 4 is 40.3 Å². The number of nitro groups is 1. The Bertz CT molecular complexity index is 1050. The van der Waals surface area contributed by atoms with Crippen molar-refractivity contribution < 1.29 is 4.92 Å². The van der Waals surface area contributed by atoms with Crippen LogP contribution in [0.4, 0.5) is 5.69 Å². The predicted octanol–water partition coefficient (Wildman–Crippen LogP) is 5.74. The van der Waals surface area contributed by atoms with Crippen molar-refractivity contribution in [1.29, 1.82) is 5.26 Å². The molecule has 0 aliphatic carbocycles. The van der Waals surface area contributed by atoms with Crippen molar-refractivity contribution in [3.63, 3.8) is 0 Å². The smallest absolute Gasteiger partial charge is 0.258 e. The van der Waals surface area contributed by atoms with Crippen LogP contribution in [-0.2, 0) is 0 Å². The zero-order valence-corrected chi connectivity index (χ0v) is 15.2. The highest BCUT2D eigenvalue weighted by Gasteiger charge is 2.14. The van der Waals surface area contributed by atoms with Crippen molar-refractivity contribution in [3.05, 3.63) is 79.1 Å². The average molecular weight is 382 g/mol. The third kappa shape index (κ3) is 3.80. The van der Waals surface area contributed by atoms with E-state index in [1.54, 1.807) is 30.3 Å². The van der Waals surface area contributed by atoms with Crippen LogP contribution in [0.2, 0.25) is 5.02 Å². The fourth-order valence-corrected chi connectivity index (χ4v) is 3.45. The maximum absolute atomic E-state index is 10.9. The summed E-state index contributed by atoms with van der Waals surface area (Å²) in [4.78, 5) is 16.0. The summed E-state index contributed by atoms with van der Waals surface area (Å²) >= 11 is 7.33. The van der Waals surface area contributed by atoms with Crippen molar-refractivity contribution in [2.45, 2.75) is 6.92 Å². The van der Waals surface area contributed by atoms with Crippen LogP contribution in [-0.4, -0.2) is 9.91 Å². The van der Waals surface area contributed by atoms with E-state index in [1.807, 2.05) is 19.1 Å². The molecule has 0 atom stereocenters. The topological polar surface area (TPSA) is 79.8 Å². The highest BCUT2D eigenvalue weighted by atomic mass is 35.5. The molecule has 0 radical (unpaired) electrons. The van der Waals surface area contributed by atoms with Gasteiger partial charge in [-0.1, -0.05) is 35.9 Å². The average Bonchev–Trinajstić information content (AvgIpc) is 3.02. The molecule has 26 heavy (non-hydrogen) atoms. The minimum absolute atomic E-state index is 0.0202. The van der Waals surface area contributed by atoms with Gasteiger partial charge in [0, 0.05) is 27.6 Å². The van der Waals surface area contributed by atoms with Gasteiger partial charge in [-0.25, -0.2) is 4.98 Å². The Morgan fingerprint density at radius 3 is 2.69 bits per heavy atom. The minimum Gasteiger partial charge on any atom is -0.258 e. The van der Waals surface area contributed by atoms with Crippen LogP contribution in [0.1, 0.15) is 15.4 Å². The van der Waals surface area contributed by atoms with E-state index >= 15 is 0 Å². The van der Waals surface area contributed by atoms with Crippen LogP contribution in [0.25, 0.3) is 22.9 Å². The van der Waals surface area contributed by atoms with Crippen LogP contribution >= 0.6 is 22.9 Å². The van der Waals surface area contributed by atoms with Crippen molar-refractivity contribution in [3.8, 4) is 17.3 Å². The van der Waals surface area contributed by atoms with E-state index in [1.165, 1.54) is 23.5 Å². The monoisotopic (exact) mass is 381 g/mol. The number of hydrogen-bond acceptors (Lipinski definition) is 5. The van der Waals surface area contributed by atoms with Gasteiger partial charge in [-0.2, -0.15) is 5.26 Å². The van der Waals surface area contributed by atoms with Crippen LogP contribution < -0.4 is 0 Å². The molecule has 0 saturated heterocycles. The Morgan fingerprint density at radius 2 is 2.04 bits per heavy atom. The Labute approximate surface area is 159 Å². The summed E-state index contributed by atoms with van der Waals surface area (Å²) in [6.07, 6.45) is 1.61. The highest BCUT2D eigenvalue weighted by Crippen LogP contribution is 2.32. The molecule has 0 fully saturated rings. The van der Waals surface area contributed by atoms with Gasteiger partial charge < -0.3 is 0 Å². The van der Waals surface area contributed by atoms with Crippen molar-refractivity contribution in [2.75, 3.05) is 0 Å². The third-order valence-corrected chi connectivity index (χ3v) is 4.91. The third-order valence-electron chi connectivity index (χ3n) is 3.66. The second kappa shape index (κ2) is 7.48. The predicted molar refractivity (Wildman–Crippen MR) is 104 cm³/mol. The molecule has 0 bridgehead atoms. The maximum Gasteiger partial charge on any atom is 0.270 e. The van der Waals surface area contributed by atoms with Gasteiger partial charge in [-0.15, -0.1) is 11.3 Å². The number of aryl methyl sites for hydroxylation is 1. The zero-order valence-electron chi connectivity index (χ0n) is 13.6. The summed E-state index contributed by atoms with van der Waals surface area (Å²) in [7, 11) is 0. The summed E-state index contributed by atoms with van der Waals surface area (Å²) < 4.78 is 0. The molecule has 2 aromatic carbocycles. The van der Waals surface area contributed by atoms with E-state index in [2.05, 4.69) is 11.1 Å². The molecule has 0 spiro atoms. The van der Waals surface area contributed by atoms with Gasteiger partial charge in [-0.05, 0) is 30.7 Å². The lowest BCUT2D eigenvalue weighted by molar-refractivity contribution is -0.384. The quantitative estimate of drug-likeness (QED) is 0.327. The lowest BCUT2D eigenvalue weighted by Gasteiger charge is -1.98. The standard InChI is InChI=1S/C19H12ClN3O2S/c1-12-18(14-5-7-16(20)8-6-14)22-19(26-12)15(11-21)9-13-3-2-4-17(10-13)23(24)25/h2-10H,1H3/b15-9-. The number of hydrogen-bond donors (Lipinski definition) is 0. The Balaban J connectivity index is 2.00. The molecule has 1 aromatic heterocycles. The number of non-ortho nitro benzene ring substituents is 1. The lowest BCUT2D eigenvalue weighted by Crippen LogP contribution is -1.88. The van der Waals surface area contributed by atoms with E-state index < -0.39 is 4.92 Å². The van der Waals surface area contributed by atoms with Crippen LogP contribution in [0, 0.1) is 28.4 Å². The van der Waals surface area contributed by atoms with Gasteiger partial charge in [0.05, 0.1) is 16.2 Å². The fourth-order valence-electron chi connectivity index (χ4n) is 2.42. The molecule has 0 aliphatic heterocycles. The molecule has 7 heteroatoms. The van der Waals surface area contributed by atoms with Crippen LogP contribution in [0.15, 0.2) is 48.5 Å². The first kappa shape index (κ1) is 17.8. The highest BCUT2D eigenvalue weighted by molar-refractivity contribution is 7.13. The molecule has 5 nitrogen and oxygen atoms in total. The number of allylic oxidation sites excluding steroid dienone is 1. The van der Waals surface area contributed by atoms with E-state index in [-0.39, 0.29) is 5.69 Å². The van der Waals surface area contributed by atoms with Gasteiger partial charge >= 0.3 is 0 Å². The molecule has 0 aliphatic rings. The number of benzene rings is 2. The molecule has 0 saturated carbocycles. The first-order chi connectivity index (χ1) is 12.5. The van der Waals surface area contributed by atoms with Gasteiger partial charge in [0.1, 0.15) is 11.1 Å². The second-order valence-corrected chi connectivity index (χ2v) is 7.09. The lowest BCUT2D eigenvalue weighted by atomic mass is 10.1. The molecule has 3 aromatic rings. The summed E-state index contributed by atoms with van der Waals surface area (Å²) in [5.41, 5.74) is 2.63.